The molecule has 1 heteroatoms. The maximum absolute atomic E-state index is 5.84. The van der Waals surface area contributed by atoms with Gasteiger partial charge in [0, 0.05) is 0 Å². The molecule has 0 aliphatic heterocycles. The van der Waals surface area contributed by atoms with Gasteiger partial charge in [0.2, 0.25) is 0 Å². The molecule has 132 valence electrons. The normalized spacial score (nSPS) is 12.0. The Labute approximate surface area is 157 Å². The summed E-state index contributed by atoms with van der Waals surface area (Å²) in [4.78, 5) is 0. The molecule has 0 saturated heterocycles. The average Bonchev–Trinajstić information content (AvgIpc) is 2.69. The second kappa shape index (κ2) is 8.53. The van der Waals surface area contributed by atoms with Gasteiger partial charge in [-0.2, -0.15) is 0 Å². The molecule has 26 heavy (non-hydrogen) atoms. The molecule has 0 amide bonds. The van der Waals surface area contributed by atoms with E-state index in [9.17, 15) is 0 Å². The van der Waals surface area contributed by atoms with Gasteiger partial charge in [-0.1, -0.05) is 86.6 Å². The highest BCUT2D eigenvalue weighted by Gasteiger charge is 2.11. The van der Waals surface area contributed by atoms with Crippen LogP contribution < -0.4 is 4.74 Å². The van der Waals surface area contributed by atoms with Gasteiger partial charge < -0.3 is 4.74 Å². The summed E-state index contributed by atoms with van der Waals surface area (Å²) in [5, 5.41) is 0. The van der Waals surface area contributed by atoms with Crippen LogP contribution in [0.3, 0.4) is 0 Å². The fraction of sp³-hybridized carbons (Fsp3) is 0.200. The zero-order valence-corrected chi connectivity index (χ0v) is 15.8. The monoisotopic (exact) mass is 342 g/mol. The number of hydrogen-bond acceptors (Lipinski definition) is 1. The molecule has 0 radical (unpaired) electrons. The van der Waals surface area contributed by atoms with Gasteiger partial charge in [-0.25, -0.2) is 0 Å². The molecule has 0 bridgehead atoms. The van der Waals surface area contributed by atoms with Gasteiger partial charge in [-0.15, -0.1) is 0 Å². The molecule has 0 spiro atoms. The Hall–Kier alpha value is -2.80. The van der Waals surface area contributed by atoms with Gasteiger partial charge in [0.05, 0.1) is 6.61 Å². The quantitative estimate of drug-likeness (QED) is 0.453. The summed E-state index contributed by atoms with van der Waals surface area (Å²) >= 11 is 0. The maximum atomic E-state index is 5.84. The van der Waals surface area contributed by atoms with E-state index >= 15 is 0 Å². The fourth-order valence-electron chi connectivity index (χ4n) is 3.02. The van der Waals surface area contributed by atoms with Gasteiger partial charge >= 0.3 is 0 Å². The molecule has 0 aliphatic carbocycles. The van der Waals surface area contributed by atoms with Crippen molar-refractivity contribution in [2.45, 2.75) is 20.8 Å². The molecule has 0 N–H and O–H groups in total. The highest BCUT2D eigenvalue weighted by Crippen LogP contribution is 2.32. The van der Waals surface area contributed by atoms with Crippen LogP contribution in [0.5, 0.6) is 5.75 Å². The molecule has 1 nitrogen and oxygen atoms in total. The largest absolute Gasteiger partial charge is 0.493 e. The predicted molar refractivity (Wildman–Crippen MR) is 111 cm³/mol. The molecule has 0 atom stereocenters. The van der Waals surface area contributed by atoms with Crippen LogP contribution in [0.2, 0.25) is 0 Å². The van der Waals surface area contributed by atoms with Gasteiger partial charge in [0.15, 0.2) is 0 Å². The first kappa shape index (κ1) is 18.0. The Morgan fingerprint density at radius 3 is 1.73 bits per heavy atom. The smallest absolute Gasteiger partial charge is 0.119 e. The van der Waals surface area contributed by atoms with E-state index in [-0.39, 0.29) is 0 Å². The summed E-state index contributed by atoms with van der Waals surface area (Å²) in [6, 6.07) is 29.6. The van der Waals surface area contributed by atoms with E-state index in [0.29, 0.717) is 5.92 Å². The Kier molecular flexibility index (Phi) is 5.91. The lowest BCUT2D eigenvalue weighted by Crippen LogP contribution is -2.04. The van der Waals surface area contributed by atoms with Crippen LogP contribution in [0, 0.1) is 5.92 Å². The summed E-state index contributed by atoms with van der Waals surface area (Å²) in [7, 11) is 0. The van der Waals surface area contributed by atoms with Crippen molar-refractivity contribution in [3.05, 3.63) is 102 Å². The van der Waals surface area contributed by atoms with Gasteiger partial charge in [-0.3, -0.25) is 0 Å². The number of benzene rings is 3. The number of allylic oxidation sites excluding steroid dienone is 1. The Morgan fingerprint density at radius 1 is 0.692 bits per heavy atom. The van der Waals surface area contributed by atoms with Crippen molar-refractivity contribution in [1.82, 2.24) is 0 Å². The molecule has 0 aromatic heterocycles. The van der Waals surface area contributed by atoms with E-state index in [1.165, 1.54) is 27.8 Å². The molecule has 0 fully saturated rings. The van der Waals surface area contributed by atoms with Crippen molar-refractivity contribution in [3.63, 3.8) is 0 Å². The number of hydrogen-bond donors (Lipinski definition) is 0. The standard InChI is InChI=1S/C25H26O/c1-19(2)18-26-24-16-14-23(15-17-24)25(22-12-8-5-9-13-22)20(3)21-10-6-4-7-11-21/h4-17,19H,18H2,1-3H3/b25-20+. The topological polar surface area (TPSA) is 9.23 Å². The first-order valence-corrected chi connectivity index (χ1v) is 9.20. The van der Waals surface area contributed by atoms with E-state index in [4.69, 9.17) is 4.74 Å². The molecule has 0 unspecified atom stereocenters. The van der Waals surface area contributed by atoms with E-state index in [2.05, 4.69) is 106 Å². The molecule has 3 aromatic rings. The fourth-order valence-corrected chi connectivity index (χ4v) is 3.02. The van der Waals surface area contributed by atoms with Crippen molar-refractivity contribution in [3.8, 4) is 5.75 Å². The van der Waals surface area contributed by atoms with Gasteiger partial charge in [0.25, 0.3) is 0 Å². The molecule has 3 aromatic carbocycles. The Bertz CT molecular complexity index is 844. The molecular weight excluding hydrogens is 316 g/mol. The van der Waals surface area contributed by atoms with E-state index in [0.717, 1.165) is 12.4 Å². The first-order valence-electron chi connectivity index (χ1n) is 9.20. The second-order valence-electron chi connectivity index (χ2n) is 6.96. The van der Waals surface area contributed by atoms with Crippen molar-refractivity contribution < 1.29 is 4.74 Å². The minimum atomic E-state index is 0.523. The van der Waals surface area contributed by atoms with E-state index in [1.54, 1.807) is 0 Å². The van der Waals surface area contributed by atoms with Crippen molar-refractivity contribution in [2.75, 3.05) is 6.61 Å². The molecule has 0 aliphatic rings. The summed E-state index contributed by atoms with van der Waals surface area (Å²) in [6.45, 7) is 7.26. The zero-order valence-electron chi connectivity index (χ0n) is 15.8. The first-order chi connectivity index (χ1) is 12.6. The van der Waals surface area contributed by atoms with Crippen LogP contribution in [-0.2, 0) is 0 Å². The summed E-state index contributed by atoms with van der Waals surface area (Å²) in [5.41, 5.74) is 6.20. The van der Waals surface area contributed by atoms with Crippen LogP contribution in [0.15, 0.2) is 84.9 Å². The number of rotatable bonds is 6. The highest BCUT2D eigenvalue weighted by atomic mass is 16.5. The molecular formula is C25H26O. The van der Waals surface area contributed by atoms with Crippen LogP contribution in [-0.4, -0.2) is 6.61 Å². The third-order valence-electron chi connectivity index (χ3n) is 4.37. The third-order valence-corrected chi connectivity index (χ3v) is 4.37. The lowest BCUT2D eigenvalue weighted by atomic mass is 9.90. The molecule has 0 saturated carbocycles. The third kappa shape index (κ3) is 4.43. The van der Waals surface area contributed by atoms with E-state index in [1.807, 2.05) is 0 Å². The molecule has 3 rings (SSSR count). The number of ether oxygens (including phenoxy) is 1. The van der Waals surface area contributed by atoms with Crippen LogP contribution in [0.1, 0.15) is 37.5 Å². The SMILES string of the molecule is C/C(=C(/c1ccccc1)c1ccc(OCC(C)C)cc1)c1ccccc1. The Morgan fingerprint density at radius 2 is 1.19 bits per heavy atom. The van der Waals surface area contributed by atoms with Crippen LogP contribution >= 0.6 is 0 Å². The van der Waals surface area contributed by atoms with Crippen LogP contribution in [0.25, 0.3) is 11.1 Å². The molecule has 0 heterocycles. The van der Waals surface area contributed by atoms with Crippen molar-refractivity contribution in [2.24, 2.45) is 5.92 Å². The van der Waals surface area contributed by atoms with Gasteiger partial charge in [-0.05, 0) is 52.8 Å². The minimum absolute atomic E-state index is 0.523. The van der Waals surface area contributed by atoms with Crippen molar-refractivity contribution in [1.29, 1.82) is 0 Å². The van der Waals surface area contributed by atoms with Crippen LogP contribution in [0.4, 0.5) is 0 Å². The second-order valence-corrected chi connectivity index (χ2v) is 6.96. The Balaban J connectivity index is 2.02. The lowest BCUT2D eigenvalue weighted by Gasteiger charge is -2.15. The van der Waals surface area contributed by atoms with E-state index < -0.39 is 0 Å². The summed E-state index contributed by atoms with van der Waals surface area (Å²) < 4.78 is 5.84. The maximum Gasteiger partial charge on any atom is 0.119 e. The van der Waals surface area contributed by atoms with Crippen molar-refractivity contribution >= 4 is 11.1 Å². The summed E-state index contributed by atoms with van der Waals surface area (Å²) in [5.74, 6) is 1.45. The van der Waals surface area contributed by atoms with Gasteiger partial charge in [0.1, 0.15) is 5.75 Å². The highest BCUT2D eigenvalue weighted by molar-refractivity contribution is 5.97. The zero-order chi connectivity index (χ0) is 18.4. The average molecular weight is 342 g/mol. The summed E-state index contributed by atoms with van der Waals surface area (Å²) in [6.07, 6.45) is 0. The lowest BCUT2D eigenvalue weighted by molar-refractivity contribution is 0.271. The minimum Gasteiger partial charge on any atom is -0.493 e. The predicted octanol–water partition coefficient (Wildman–Crippen LogP) is 6.70.